The van der Waals surface area contributed by atoms with E-state index in [0.29, 0.717) is 18.5 Å². The fraction of sp³-hybridized carbons (Fsp3) is 0.773. The monoisotopic (exact) mass is 402 g/mol. The second kappa shape index (κ2) is 8.46. The summed E-state index contributed by atoms with van der Waals surface area (Å²) in [6, 6.07) is 0. The van der Waals surface area contributed by atoms with Crippen molar-refractivity contribution in [2.75, 3.05) is 39.4 Å². The van der Waals surface area contributed by atoms with E-state index < -0.39 is 0 Å². The number of carbonyl (C=O) groups is 2. The molecule has 0 aromatic rings. The molecule has 7 heteroatoms. The highest BCUT2D eigenvalue weighted by molar-refractivity contribution is 6.06. The van der Waals surface area contributed by atoms with Crippen molar-refractivity contribution in [3.63, 3.8) is 0 Å². The zero-order valence-corrected chi connectivity index (χ0v) is 17.7. The van der Waals surface area contributed by atoms with Crippen LogP contribution in [0.5, 0.6) is 0 Å². The van der Waals surface area contributed by atoms with Gasteiger partial charge < -0.3 is 15.4 Å². The van der Waals surface area contributed by atoms with Crippen LogP contribution in [0.2, 0.25) is 0 Å². The molecule has 3 fully saturated rings. The molecule has 160 valence electrons. The van der Waals surface area contributed by atoms with Crippen molar-refractivity contribution >= 4 is 17.8 Å². The van der Waals surface area contributed by atoms with Gasteiger partial charge in [0.2, 0.25) is 11.8 Å². The Bertz CT molecular complexity index is 670. The molecule has 0 radical (unpaired) electrons. The molecule has 0 spiro atoms. The Balaban J connectivity index is 1.27. The fourth-order valence-electron chi connectivity index (χ4n) is 5.16. The number of carbonyl (C=O) groups excluding carboxylic acids is 2. The Hall–Kier alpha value is -1.89. The van der Waals surface area contributed by atoms with Gasteiger partial charge in [0.15, 0.2) is 5.96 Å². The minimum atomic E-state index is -0.112. The summed E-state index contributed by atoms with van der Waals surface area (Å²) in [7, 11) is 0. The van der Waals surface area contributed by atoms with E-state index in [1.165, 1.54) is 17.7 Å². The number of fused-ring (bicyclic) bond motifs is 5. The predicted molar refractivity (Wildman–Crippen MR) is 111 cm³/mol. The van der Waals surface area contributed by atoms with Gasteiger partial charge in [0.05, 0.1) is 11.8 Å². The average molecular weight is 403 g/mol. The molecule has 0 aromatic carbocycles. The van der Waals surface area contributed by atoms with E-state index in [-0.39, 0.29) is 35.5 Å². The zero-order valence-electron chi connectivity index (χ0n) is 17.7. The van der Waals surface area contributed by atoms with Crippen LogP contribution >= 0.6 is 0 Å². The maximum absolute atomic E-state index is 12.8. The molecular weight excluding hydrogens is 368 g/mol. The van der Waals surface area contributed by atoms with Gasteiger partial charge in [-0.25, -0.2) is 0 Å². The molecule has 4 unspecified atom stereocenters. The van der Waals surface area contributed by atoms with Gasteiger partial charge in [-0.3, -0.25) is 19.5 Å². The summed E-state index contributed by atoms with van der Waals surface area (Å²) in [5.74, 6) is 1.12. The number of guanidine groups is 1. The molecule has 4 aliphatic rings. The second-order valence-electron chi connectivity index (χ2n) is 8.90. The van der Waals surface area contributed by atoms with Crippen LogP contribution in [0.25, 0.3) is 0 Å². The van der Waals surface area contributed by atoms with Crippen molar-refractivity contribution in [1.29, 1.82) is 0 Å². The Morgan fingerprint density at radius 3 is 2.45 bits per heavy atom. The van der Waals surface area contributed by atoms with Gasteiger partial charge in [0.1, 0.15) is 0 Å². The predicted octanol–water partition coefficient (Wildman–Crippen LogP) is 1.56. The number of hydrogen-bond acceptors (Lipinski definition) is 4. The first-order chi connectivity index (χ1) is 14.1. The van der Waals surface area contributed by atoms with E-state index in [1.807, 2.05) is 13.8 Å². The van der Waals surface area contributed by atoms with Crippen LogP contribution in [0, 0.1) is 29.1 Å². The molecule has 1 heterocycles. The smallest absolute Gasteiger partial charge is 0.233 e. The summed E-state index contributed by atoms with van der Waals surface area (Å²) in [5.41, 5.74) is 0.294. The normalized spacial score (nSPS) is 31.5. The van der Waals surface area contributed by atoms with E-state index in [4.69, 9.17) is 9.73 Å². The number of nitrogens with zero attached hydrogens (tertiary/aromatic N) is 2. The van der Waals surface area contributed by atoms with Crippen LogP contribution in [0.3, 0.4) is 0 Å². The number of likely N-dealkylation sites (tertiary alicyclic amines) is 1. The molecule has 4 atom stereocenters. The summed E-state index contributed by atoms with van der Waals surface area (Å²) in [6.45, 7) is 8.12. The number of hydrogen-bond donors (Lipinski definition) is 2. The van der Waals surface area contributed by atoms with Crippen LogP contribution < -0.4 is 10.6 Å². The van der Waals surface area contributed by atoms with Crippen LogP contribution in [0.4, 0.5) is 0 Å². The number of aliphatic imine (C=N–C) groups is 1. The fourth-order valence-corrected chi connectivity index (χ4v) is 5.16. The van der Waals surface area contributed by atoms with Gasteiger partial charge >= 0.3 is 0 Å². The Labute approximate surface area is 173 Å². The van der Waals surface area contributed by atoms with Crippen LogP contribution in [-0.2, 0) is 14.3 Å². The Morgan fingerprint density at radius 2 is 1.86 bits per heavy atom. The molecule has 0 aromatic heterocycles. The molecule has 3 aliphatic carbocycles. The molecule has 1 saturated heterocycles. The summed E-state index contributed by atoms with van der Waals surface area (Å²) >= 11 is 0. The van der Waals surface area contributed by atoms with Crippen molar-refractivity contribution in [3.05, 3.63) is 12.2 Å². The van der Waals surface area contributed by atoms with Gasteiger partial charge in [0.25, 0.3) is 0 Å². The SMILES string of the molecule is CCNC(=NCC1(CCOCC)CC1)NCCN1C(=O)C2C3C=CC(C3)C2C1=O. The molecule has 2 saturated carbocycles. The van der Waals surface area contributed by atoms with E-state index in [0.717, 1.165) is 45.1 Å². The van der Waals surface area contributed by atoms with E-state index in [9.17, 15) is 9.59 Å². The standard InChI is InChI=1S/C22H34N4O3/c1-3-23-21(25-14-22(7-8-22)9-12-29-4-2)24-10-11-26-19(27)17-15-5-6-16(13-15)18(17)20(26)28/h5-6,15-18H,3-4,7-14H2,1-2H3,(H2,23,24,25). The minimum Gasteiger partial charge on any atom is -0.382 e. The molecule has 7 nitrogen and oxygen atoms in total. The zero-order chi connectivity index (χ0) is 20.4. The lowest BCUT2D eigenvalue weighted by Crippen LogP contribution is -2.44. The molecule has 2 bridgehead atoms. The third-order valence-corrected chi connectivity index (χ3v) is 7.04. The third kappa shape index (κ3) is 4.06. The first-order valence-electron chi connectivity index (χ1n) is 11.2. The van der Waals surface area contributed by atoms with Gasteiger partial charge in [0, 0.05) is 39.4 Å². The molecule has 29 heavy (non-hydrogen) atoms. The second-order valence-corrected chi connectivity index (χ2v) is 8.90. The highest BCUT2D eigenvalue weighted by atomic mass is 16.5. The number of allylic oxidation sites excluding steroid dienone is 2. The van der Waals surface area contributed by atoms with Crippen LogP contribution in [0.1, 0.15) is 39.5 Å². The number of ether oxygens (including phenoxy) is 1. The Kier molecular flexibility index (Phi) is 5.95. The largest absolute Gasteiger partial charge is 0.382 e. The highest BCUT2D eigenvalue weighted by Gasteiger charge is 2.58. The summed E-state index contributed by atoms with van der Waals surface area (Å²) in [4.78, 5) is 31.8. The quantitative estimate of drug-likeness (QED) is 0.190. The highest BCUT2D eigenvalue weighted by Crippen LogP contribution is 2.52. The lowest BCUT2D eigenvalue weighted by atomic mass is 9.85. The molecule has 2 N–H and O–H groups in total. The van der Waals surface area contributed by atoms with Crippen molar-refractivity contribution in [3.8, 4) is 0 Å². The topological polar surface area (TPSA) is 83.0 Å². The summed E-state index contributed by atoms with van der Waals surface area (Å²) in [5, 5.41) is 6.58. The van der Waals surface area contributed by atoms with Crippen molar-refractivity contribution in [2.45, 2.75) is 39.5 Å². The lowest BCUT2D eigenvalue weighted by molar-refractivity contribution is -0.140. The van der Waals surface area contributed by atoms with Gasteiger partial charge in [-0.15, -0.1) is 0 Å². The van der Waals surface area contributed by atoms with Gasteiger partial charge in [-0.1, -0.05) is 12.2 Å². The average Bonchev–Trinajstić information content (AvgIpc) is 3.06. The lowest BCUT2D eigenvalue weighted by Gasteiger charge is -2.19. The molecule has 4 rings (SSSR count). The number of amides is 2. The van der Waals surface area contributed by atoms with Crippen LogP contribution in [0.15, 0.2) is 17.1 Å². The summed E-state index contributed by atoms with van der Waals surface area (Å²) in [6.07, 6.45) is 8.71. The number of rotatable bonds is 10. The minimum absolute atomic E-state index is 0.0217. The molecule has 1 aliphatic heterocycles. The van der Waals surface area contributed by atoms with Gasteiger partial charge in [-0.05, 0) is 56.8 Å². The Morgan fingerprint density at radius 1 is 1.17 bits per heavy atom. The van der Waals surface area contributed by atoms with E-state index >= 15 is 0 Å². The molecule has 2 amide bonds. The number of imide groups is 1. The van der Waals surface area contributed by atoms with Gasteiger partial charge in [-0.2, -0.15) is 0 Å². The van der Waals surface area contributed by atoms with Crippen molar-refractivity contribution in [2.24, 2.45) is 34.1 Å². The third-order valence-electron chi connectivity index (χ3n) is 7.04. The van der Waals surface area contributed by atoms with E-state index in [2.05, 4.69) is 22.8 Å². The van der Waals surface area contributed by atoms with Crippen molar-refractivity contribution in [1.82, 2.24) is 15.5 Å². The number of nitrogens with one attached hydrogen (secondary N) is 2. The first kappa shape index (κ1) is 20.4. The summed E-state index contributed by atoms with van der Waals surface area (Å²) < 4.78 is 5.50. The maximum atomic E-state index is 12.8. The van der Waals surface area contributed by atoms with E-state index in [1.54, 1.807) is 0 Å². The molecular formula is C22H34N4O3. The first-order valence-corrected chi connectivity index (χ1v) is 11.2. The van der Waals surface area contributed by atoms with Crippen LogP contribution in [-0.4, -0.2) is 62.1 Å². The maximum Gasteiger partial charge on any atom is 0.233 e. The van der Waals surface area contributed by atoms with Crippen molar-refractivity contribution < 1.29 is 14.3 Å².